The number of hydrogen-bond acceptors (Lipinski definition) is 2. The maximum absolute atomic E-state index is 12.8. The zero-order valence-corrected chi connectivity index (χ0v) is 19.0. The third-order valence-electron chi connectivity index (χ3n) is 5.19. The first-order chi connectivity index (χ1) is 15.1. The Morgan fingerprint density at radius 3 is 2.19 bits per heavy atom. The van der Waals surface area contributed by atoms with Gasteiger partial charge in [-0.15, -0.1) is 0 Å². The summed E-state index contributed by atoms with van der Waals surface area (Å²) in [6, 6.07) is 15.1. The van der Waals surface area contributed by atoms with E-state index in [1.165, 1.54) is 12.1 Å². The molecule has 0 atom stereocenters. The molecule has 0 heterocycles. The molecule has 0 fully saturated rings. The molecule has 0 saturated heterocycles. The lowest BCUT2D eigenvalue weighted by Gasteiger charge is -2.30. The van der Waals surface area contributed by atoms with E-state index in [0.29, 0.717) is 30.9 Å². The second kappa shape index (κ2) is 11.7. The first-order valence-corrected chi connectivity index (χ1v) is 10.9. The van der Waals surface area contributed by atoms with Gasteiger partial charge < -0.3 is 4.90 Å². The van der Waals surface area contributed by atoms with E-state index in [9.17, 15) is 13.2 Å². The Morgan fingerprint density at radius 1 is 1.03 bits per heavy atom. The standard InChI is InChI=1S/C26H32F3N3/c1-5-9-24(31-20(4)22-10-7-6-8-11-22)18-32(19(2)3)25(30)17-14-21-12-15-23(16-13-21)26(27,28)29/h6-8,10-13,15-16,19,30H,4-5,9,14,17-18H2,1-3H3. The zero-order valence-electron chi connectivity index (χ0n) is 19.0. The molecule has 0 bridgehead atoms. The summed E-state index contributed by atoms with van der Waals surface area (Å²) in [6.45, 7) is 10.8. The summed E-state index contributed by atoms with van der Waals surface area (Å²) in [5.74, 6) is 0.453. The molecule has 0 aromatic heterocycles. The van der Waals surface area contributed by atoms with Crippen LogP contribution in [-0.2, 0) is 12.6 Å². The molecule has 2 rings (SSSR count). The topological polar surface area (TPSA) is 39.5 Å². The van der Waals surface area contributed by atoms with Crippen molar-refractivity contribution in [1.29, 1.82) is 5.41 Å². The summed E-state index contributed by atoms with van der Waals surface area (Å²) in [5, 5.41) is 8.61. The maximum atomic E-state index is 12.8. The number of amidine groups is 1. The smallest absolute Gasteiger partial charge is 0.353 e. The molecule has 172 valence electrons. The highest BCUT2D eigenvalue weighted by molar-refractivity contribution is 5.94. The van der Waals surface area contributed by atoms with E-state index in [4.69, 9.17) is 10.4 Å². The first kappa shape index (κ1) is 25.4. The van der Waals surface area contributed by atoms with Crippen LogP contribution >= 0.6 is 0 Å². The number of hydrogen-bond donors (Lipinski definition) is 1. The fourth-order valence-corrected chi connectivity index (χ4v) is 3.40. The molecular formula is C26H32F3N3. The molecule has 0 saturated carbocycles. The Hall–Kier alpha value is -2.89. The van der Waals surface area contributed by atoms with Crippen molar-refractivity contribution in [3.63, 3.8) is 0 Å². The number of nitrogens with one attached hydrogen (secondary N) is 1. The minimum Gasteiger partial charge on any atom is -0.353 e. The predicted molar refractivity (Wildman–Crippen MR) is 127 cm³/mol. The molecule has 1 N–H and O–H groups in total. The molecule has 0 aliphatic carbocycles. The molecular weight excluding hydrogens is 411 g/mol. The van der Waals surface area contributed by atoms with E-state index in [1.807, 2.05) is 49.1 Å². The van der Waals surface area contributed by atoms with Crippen LogP contribution in [0.5, 0.6) is 0 Å². The van der Waals surface area contributed by atoms with Crippen molar-refractivity contribution in [3.8, 4) is 0 Å². The van der Waals surface area contributed by atoms with Gasteiger partial charge in [-0.25, -0.2) is 0 Å². The lowest BCUT2D eigenvalue weighted by Crippen LogP contribution is -2.40. The first-order valence-electron chi connectivity index (χ1n) is 10.9. The average Bonchev–Trinajstić information content (AvgIpc) is 2.75. The number of aryl methyl sites for hydroxylation is 1. The highest BCUT2D eigenvalue weighted by Gasteiger charge is 2.29. The van der Waals surface area contributed by atoms with Crippen molar-refractivity contribution in [1.82, 2.24) is 4.90 Å². The van der Waals surface area contributed by atoms with E-state index < -0.39 is 11.7 Å². The summed E-state index contributed by atoms with van der Waals surface area (Å²) >= 11 is 0. The predicted octanol–water partition coefficient (Wildman–Crippen LogP) is 7.24. The van der Waals surface area contributed by atoms with E-state index in [-0.39, 0.29) is 6.04 Å². The minimum atomic E-state index is -4.33. The highest BCUT2D eigenvalue weighted by Crippen LogP contribution is 2.29. The lowest BCUT2D eigenvalue weighted by molar-refractivity contribution is -0.137. The SMILES string of the molecule is C=C(N=C(CCC)CN(C(=N)CCc1ccc(C(F)(F)F)cc1)C(C)C)c1ccccc1. The number of nitrogens with zero attached hydrogens (tertiary/aromatic N) is 2. The van der Waals surface area contributed by atoms with Crippen molar-refractivity contribution < 1.29 is 13.2 Å². The minimum absolute atomic E-state index is 0.0992. The van der Waals surface area contributed by atoms with Gasteiger partial charge in [0.15, 0.2) is 0 Å². The third kappa shape index (κ3) is 7.66. The number of rotatable bonds is 10. The highest BCUT2D eigenvalue weighted by atomic mass is 19.4. The maximum Gasteiger partial charge on any atom is 0.416 e. The van der Waals surface area contributed by atoms with Gasteiger partial charge in [-0.2, -0.15) is 13.2 Å². The van der Waals surface area contributed by atoms with Gasteiger partial charge in [0.25, 0.3) is 0 Å². The van der Waals surface area contributed by atoms with Crippen LogP contribution in [0.25, 0.3) is 5.70 Å². The van der Waals surface area contributed by atoms with Gasteiger partial charge >= 0.3 is 6.18 Å². The molecule has 0 spiro atoms. The van der Waals surface area contributed by atoms with Crippen LogP contribution in [0.3, 0.4) is 0 Å². The molecule has 0 radical (unpaired) electrons. The molecule has 0 amide bonds. The molecule has 2 aromatic rings. The molecule has 32 heavy (non-hydrogen) atoms. The normalized spacial score (nSPS) is 12.2. The molecule has 6 heteroatoms. The largest absolute Gasteiger partial charge is 0.416 e. The summed E-state index contributed by atoms with van der Waals surface area (Å²) in [4.78, 5) is 6.77. The van der Waals surface area contributed by atoms with Crippen LogP contribution in [0.15, 0.2) is 66.2 Å². The number of halogens is 3. The van der Waals surface area contributed by atoms with Gasteiger partial charge in [0.2, 0.25) is 0 Å². The molecule has 0 aliphatic rings. The van der Waals surface area contributed by atoms with Crippen molar-refractivity contribution in [2.75, 3.05) is 6.54 Å². The number of alkyl halides is 3. The fraction of sp³-hybridized carbons (Fsp3) is 0.385. The average molecular weight is 444 g/mol. The van der Waals surface area contributed by atoms with E-state index >= 15 is 0 Å². The van der Waals surface area contributed by atoms with Gasteiger partial charge in [0.1, 0.15) is 0 Å². The third-order valence-corrected chi connectivity index (χ3v) is 5.19. The van der Waals surface area contributed by atoms with Gasteiger partial charge in [0.05, 0.1) is 23.6 Å². The molecule has 2 aromatic carbocycles. The van der Waals surface area contributed by atoms with Crippen LogP contribution in [-0.4, -0.2) is 29.0 Å². The van der Waals surface area contributed by atoms with Crippen molar-refractivity contribution in [2.45, 2.75) is 58.7 Å². The second-order valence-electron chi connectivity index (χ2n) is 8.10. The fourth-order valence-electron chi connectivity index (χ4n) is 3.40. The number of benzene rings is 2. The van der Waals surface area contributed by atoms with Crippen LogP contribution in [0.2, 0.25) is 0 Å². The zero-order chi connectivity index (χ0) is 23.7. The molecule has 0 aliphatic heterocycles. The van der Waals surface area contributed by atoms with Gasteiger partial charge in [-0.3, -0.25) is 10.4 Å². The lowest BCUT2D eigenvalue weighted by atomic mass is 10.1. The monoisotopic (exact) mass is 443 g/mol. The van der Waals surface area contributed by atoms with Crippen molar-refractivity contribution >= 4 is 17.2 Å². The summed E-state index contributed by atoms with van der Waals surface area (Å²) in [5.41, 5.74) is 2.77. The van der Waals surface area contributed by atoms with Crippen LogP contribution in [0.4, 0.5) is 13.2 Å². The number of aliphatic imine (C=N–C) groups is 1. The quantitative estimate of drug-likeness (QED) is 0.305. The van der Waals surface area contributed by atoms with E-state index in [1.54, 1.807) is 0 Å². The van der Waals surface area contributed by atoms with Crippen molar-refractivity contribution in [2.24, 2.45) is 4.99 Å². The van der Waals surface area contributed by atoms with Gasteiger partial charge in [0, 0.05) is 18.2 Å². The molecule has 3 nitrogen and oxygen atoms in total. The van der Waals surface area contributed by atoms with Gasteiger partial charge in [-0.1, -0.05) is 62.4 Å². The van der Waals surface area contributed by atoms with E-state index in [0.717, 1.165) is 41.8 Å². The Bertz CT molecular complexity index is 914. The van der Waals surface area contributed by atoms with Crippen LogP contribution in [0, 0.1) is 5.41 Å². The second-order valence-corrected chi connectivity index (χ2v) is 8.10. The molecule has 0 unspecified atom stereocenters. The summed E-state index contributed by atoms with van der Waals surface area (Å²) in [7, 11) is 0. The Balaban J connectivity index is 2.07. The van der Waals surface area contributed by atoms with Crippen LogP contribution < -0.4 is 0 Å². The Labute approximate surface area is 189 Å². The Morgan fingerprint density at radius 2 is 1.66 bits per heavy atom. The van der Waals surface area contributed by atoms with Crippen LogP contribution in [0.1, 0.15) is 56.7 Å². The Kier molecular flexibility index (Phi) is 9.24. The summed E-state index contributed by atoms with van der Waals surface area (Å²) in [6.07, 6.45) is -1.63. The van der Waals surface area contributed by atoms with Crippen molar-refractivity contribution in [3.05, 3.63) is 77.9 Å². The van der Waals surface area contributed by atoms with Gasteiger partial charge in [-0.05, 0) is 49.9 Å². The summed E-state index contributed by atoms with van der Waals surface area (Å²) < 4.78 is 38.3. The van der Waals surface area contributed by atoms with E-state index in [2.05, 4.69) is 13.5 Å².